The van der Waals surface area contributed by atoms with Crippen LogP contribution in [0.2, 0.25) is 0 Å². The minimum absolute atomic E-state index is 0.0488. The third-order valence-electron chi connectivity index (χ3n) is 4.88. The molecule has 1 aromatic carbocycles. The van der Waals surface area contributed by atoms with E-state index >= 15 is 0 Å². The summed E-state index contributed by atoms with van der Waals surface area (Å²) in [5, 5.41) is 3.17. The number of nitrogens with zero attached hydrogens (tertiary/aromatic N) is 4. The van der Waals surface area contributed by atoms with Crippen molar-refractivity contribution >= 4 is 11.9 Å². The minimum Gasteiger partial charge on any atom is -0.493 e. The highest BCUT2D eigenvalue weighted by molar-refractivity contribution is 5.92. The summed E-state index contributed by atoms with van der Waals surface area (Å²) in [4.78, 5) is 25.5. The van der Waals surface area contributed by atoms with Crippen LogP contribution in [0.25, 0.3) is 0 Å². The molecule has 8 heteroatoms. The summed E-state index contributed by atoms with van der Waals surface area (Å²) in [7, 11) is 3.21. The lowest BCUT2D eigenvalue weighted by Crippen LogP contribution is -2.48. The van der Waals surface area contributed by atoms with Crippen LogP contribution in [0.15, 0.2) is 30.5 Å². The van der Waals surface area contributed by atoms with Gasteiger partial charge in [-0.1, -0.05) is 13.0 Å². The van der Waals surface area contributed by atoms with Gasteiger partial charge in [-0.25, -0.2) is 9.97 Å². The molecule has 1 aliphatic rings. The molecule has 0 bridgehead atoms. The number of carbonyl (C=O) groups excluding carboxylic acids is 1. The Bertz CT molecular complexity index is 806. The fraction of sp³-hybridized carbons (Fsp3) is 0.450. The molecule has 1 N–H and O–H groups in total. The number of benzene rings is 1. The molecule has 8 nitrogen and oxygen atoms in total. The average Bonchev–Trinajstić information content (AvgIpc) is 2.77. The van der Waals surface area contributed by atoms with E-state index in [1.54, 1.807) is 26.5 Å². The Morgan fingerprint density at radius 2 is 1.86 bits per heavy atom. The first-order valence-corrected chi connectivity index (χ1v) is 9.44. The smallest absolute Gasteiger partial charge is 0.272 e. The van der Waals surface area contributed by atoms with E-state index in [9.17, 15) is 4.79 Å². The summed E-state index contributed by atoms with van der Waals surface area (Å²) in [6.45, 7) is 6.91. The van der Waals surface area contributed by atoms with Gasteiger partial charge < -0.3 is 24.6 Å². The zero-order valence-electron chi connectivity index (χ0n) is 16.6. The van der Waals surface area contributed by atoms with E-state index in [0.29, 0.717) is 29.7 Å². The molecule has 3 rings (SSSR count). The largest absolute Gasteiger partial charge is 0.493 e. The van der Waals surface area contributed by atoms with Crippen LogP contribution < -0.4 is 14.8 Å². The molecular formula is C20H27N5O3. The predicted octanol–water partition coefficient (Wildman–Crippen LogP) is 1.88. The number of likely N-dealkylation sites (N-methyl/N-ethyl adjacent to an activating group) is 1. The van der Waals surface area contributed by atoms with Gasteiger partial charge in [-0.05, 0) is 30.3 Å². The van der Waals surface area contributed by atoms with Crippen LogP contribution in [0.5, 0.6) is 11.5 Å². The van der Waals surface area contributed by atoms with Crippen molar-refractivity contribution < 1.29 is 14.3 Å². The Hall–Kier alpha value is -2.87. The first-order chi connectivity index (χ1) is 13.6. The van der Waals surface area contributed by atoms with Gasteiger partial charge in [-0.15, -0.1) is 0 Å². The average molecular weight is 385 g/mol. The zero-order chi connectivity index (χ0) is 19.9. The molecule has 28 heavy (non-hydrogen) atoms. The molecule has 1 aliphatic heterocycles. The van der Waals surface area contributed by atoms with Gasteiger partial charge in [0.1, 0.15) is 5.69 Å². The maximum absolute atomic E-state index is 12.7. The second kappa shape index (κ2) is 9.36. The number of hydrogen-bond acceptors (Lipinski definition) is 7. The van der Waals surface area contributed by atoms with E-state index in [-0.39, 0.29) is 5.91 Å². The van der Waals surface area contributed by atoms with E-state index in [1.165, 1.54) is 0 Å². The van der Waals surface area contributed by atoms with Crippen molar-refractivity contribution in [3.63, 3.8) is 0 Å². The highest BCUT2D eigenvalue weighted by Crippen LogP contribution is 2.27. The number of piperazine rings is 1. The van der Waals surface area contributed by atoms with Gasteiger partial charge in [0, 0.05) is 38.9 Å². The van der Waals surface area contributed by atoms with E-state index < -0.39 is 0 Å². The number of anilines is 1. The summed E-state index contributed by atoms with van der Waals surface area (Å²) < 4.78 is 10.6. The molecule has 0 saturated carbocycles. The lowest BCUT2D eigenvalue weighted by Gasteiger charge is -2.33. The predicted molar refractivity (Wildman–Crippen MR) is 107 cm³/mol. The molecule has 1 fully saturated rings. The number of amides is 1. The SMILES string of the molecule is CCN1CCN(C(=O)c2ccnc(NCc3ccc(OC)c(OC)c3)n2)CC1. The van der Waals surface area contributed by atoms with Crippen molar-refractivity contribution in [3.8, 4) is 11.5 Å². The number of nitrogens with one attached hydrogen (secondary N) is 1. The lowest BCUT2D eigenvalue weighted by molar-refractivity contribution is 0.0637. The van der Waals surface area contributed by atoms with Gasteiger partial charge in [0.25, 0.3) is 5.91 Å². The number of hydrogen-bond donors (Lipinski definition) is 1. The Balaban J connectivity index is 1.63. The summed E-state index contributed by atoms with van der Waals surface area (Å²) in [5.41, 5.74) is 1.41. The second-order valence-electron chi connectivity index (χ2n) is 6.53. The normalized spacial score (nSPS) is 14.6. The standard InChI is InChI=1S/C20H27N5O3/c1-4-24-9-11-25(12-10-24)19(26)16-7-8-21-20(23-16)22-14-15-5-6-17(27-2)18(13-15)28-3/h5-8,13H,4,9-12,14H2,1-3H3,(H,21,22,23). The highest BCUT2D eigenvalue weighted by Gasteiger charge is 2.22. The summed E-state index contributed by atoms with van der Waals surface area (Å²) in [5.74, 6) is 1.72. The maximum Gasteiger partial charge on any atom is 0.272 e. The molecule has 150 valence electrons. The van der Waals surface area contributed by atoms with Crippen molar-refractivity contribution in [2.75, 3.05) is 52.3 Å². The van der Waals surface area contributed by atoms with Crippen LogP contribution in [0.1, 0.15) is 23.0 Å². The first-order valence-electron chi connectivity index (χ1n) is 9.44. The quantitative estimate of drug-likeness (QED) is 0.779. The Kier molecular flexibility index (Phi) is 6.65. The van der Waals surface area contributed by atoms with Gasteiger partial charge >= 0.3 is 0 Å². The van der Waals surface area contributed by atoms with Crippen molar-refractivity contribution in [1.82, 2.24) is 19.8 Å². The topological polar surface area (TPSA) is 79.8 Å². The molecule has 0 unspecified atom stereocenters. The fourth-order valence-electron chi connectivity index (χ4n) is 3.16. The van der Waals surface area contributed by atoms with E-state index in [0.717, 1.165) is 38.3 Å². The minimum atomic E-state index is -0.0488. The van der Waals surface area contributed by atoms with Crippen LogP contribution >= 0.6 is 0 Å². The van der Waals surface area contributed by atoms with Crippen LogP contribution in [-0.2, 0) is 6.54 Å². The van der Waals surface area contributed by atoms with Crippen molar-refractivity contribution in [2.45, 2.75) is 13.5 Å². The molecule has 0 aliphatic carbocycles. The van der Waals surface area contributed by atoms with Crippen LogP contribution in [-0.4, -0.2) is 72.6 Å². The molecule has 1 aromatic heterocycles. The molecule has 0 spiro atoms. The van der Waals surface area contributed by atoms with E-state index in [2.05, 4.69) is 27.1 Å². The fourth-order valence-corrected chi connectivity index (χ4v) is 3.16. The van der Waals surface area contributed by atoms with Crippen LogP contribution in [0.3, 0.4) is 0 Å². The van der Waals surface area contributed by atoms with Gasteiger partial charge in [-0.2, -0.15) is 0 Å². The zero-order valence-corrected chi connectivity index (χ0v) is 16.6. The van der Waals surface area contributed by atoms with Gasteiger partial charge in [-0.3, -0.25) is 4.79 Å². The number of aromatic nitrogens is 2. The molecule has 2 heterocycles. The second-order valence-corrected chi connectivity index (χ2v) is 6.53. The number of ether oxygens (including phenoxy) is 2. The van der Waals surface area contributed by atoms with Gasteiger partial charge in [0.05, 0.1) is 14.2 Å². The van der Waals surface area contributed by atoms with Gasteiger partial charge in [0.15, 0.2) is 11.5 Å². The van der Waals surface area contributed by atoms with E-state index in [1.807, 2.05) is 23.1 Å². The van der Waals surface area contributed by atoms with Crippen molar-refractivity contribution in [1.29, 1.82) is 0 Å². The Morgan fingerprint density at radius 3 is 2.54 bits per heavy atom. The van der Waals surface area contributed by atoms with E-state index in [4.69, 9.17) is 9.47 Å². The molecule has 1 amide bonds. The number of carbonyl (C=O) groups is 1. The summed E-state index contributed by atoms with van der Waals surface area (Å²) in [6, 6.07) is 7.35. The number of rotatable bonds is 7. The van der Waals surface area contributed by atoms with Gasteiger partial charge in [0.2, 0.25) is 5.95 Å². The van der Waals surface area contributed by atoms with Crippen molar-refractivity contribution in [2.24, 2.45) is 0 Å². The third kappa shape index (κ3) is 4.69. The maximum atomic E-state index is 12.7. The molecule has 0 radical (unpaired) electrons. The molecule has 1 saturated heterocycles. The monoisotopic (exact) mass is 385 g/mol. The Morgan fingerprint density at radius 1 is 1.11 bits per heavy atom. The molecular weight excluding hydrogens is 358 g/mol. The van der Waals surface area contributed by atoms with Crippen LogP contribution in [0.4, 0.5) is 5.95 Å². The third-order valence-corrected chi connectivity index (χ3v) is 4.88. The first kappa shape index (κ1) is 19.9. The van der Waals surface area contributed by atoms with Crippen LogP contribution in [0, 0.1) is 0 Å². The lowest BCUT2D eigenvalue weighted by atomic mass is 10.2. The Labute approximate surface area is 165 Å². The summed E-state index contributed by atoms with van der Waals surface area (Å²) in [6.07, 6.45) is 1.61. The highest BCUT2D eigenvalue weighted by atomic mass is 16.5. The van der Waals surface area contributed by atoms with Crippen molar-refractivity contribution in [3.05, 3.63) is 41.7 Å². The molecule has 2 aromatic rings. The number of methoxy groups -OCH3 is 2. The molecule has 0 atom stereocenters. The summed E-state index contributed by atoms with van der Waals surface area (Å²) >= 11 is 0.